The number of allylic oxidation sites excluding steroid dienone is 5. The Kier molecular flexibility index (Phi) is 4.14. The fraction of sp³-hybridized carbons (Fsp3) is 0.0417. The van der Waals surface area contributed by atoms with Crippen LogP contribution in [0.1, 0.15) is 12.0 Å². The van der Waals surface area contributed by atoms with E-state index in [0.717, 1.165) is 34.5 Å². The van der Waals surface area contributed by atoms with Crippen LogP contribution in [-0.2, 0) is 0 Å². The second-order valence-corrected chi connectivity index (χ2v) is 6.21. The van der Waals surface area contributed by atoms with E-state index in [2.05, 4.69) is 85.5 Å². The quantitative estimate of drug-likeness (QED) is 0.550. The first kappa shape index (κ1) is 15.3. The van der Waals surface area contributed by atoms with E-state index in [9.17, 15) is 0 Å². The van der Waals surface area contributed by atoms with Gasteiger partial charge in [-0.05, 0) is 29.7 Å². The lowest BCUT2D eigenvalue weighted by atomic mass is 9.95. The summed E-state index contributed by atoms with van der Waals surface area (Å²) in [5.41, 5.74) is 7.81. The van der Waals surface area contributed by atoms with Gasteiger partial charge in [-0.25, -0.2) is 4.98 Å². The molecule has 4 rings (SSSR count). The van der Waals surface area contributed by atoms with Crippen LogP contribution in [0.5, 0.6) is 0 Å². The van der Waals surface area contributed by atoms with E-state index < -0.39 is 0 Å². The van der Waals surface area contributed by atoms with Crippen LogP contribution in [0.3, 0.4) is 0 Å². The molecule has 3 aromatic rings. The van der Waals surface area contributed by atoms with Crippen molar-refractivity contribution in [1.29, 1.82) is 0 Å². The highest BCUT2D eigenvalue weighted by Gasteiger charge is 2.10. The van der Waals surface area contributed by atoms with Crippen molar-refractivity contribution in [1.82, 2.24) is 4.98 Å². The van der Waals surface area contributed by atoms with Gasteiger partial charge in [-0.15, -0.1) is 0 Å². The first-order valence-corrected chi connectivity index (χ1v) is 8.49. The largest absolute Gasteiger partial charge is 0.248 e. The molecular formula is C24H19N. The van der Waals surface area contributed by atoms with Crippen LogP contribution in [0.25, 0.3) is 28.1 Å². The average Bonchev–Trinajstić information content (AvgIpc) is 2.69. The molecule has 0 bridgehead atoms. The molecule has 1 aromatic heterocycles. The molecule has 0 spiro atoms. The topological polar surface area (TPSA) is 12.9 Å². The van der Waals surface area contributed by atoms with Crippen LogP contribution in [0.4, 0.5) is 0 Å². The van der Waals surface area contributed by atoms with Crippen molar-refractivity contribution in [2.45, 2.75) is 6.42 Å². The minimum atomic E-state index is 0.898. The summed E-state index contributed by atoms with van der Waals surface area (Å²) in [6.07, 6.45) is 7.38. The monoisotopic (exact) mass is 321 g/mol. The van der Waals surface area contributed by atoms with Gasteiger partial charge in [-0.2, -0.15) is 0 Å². The minimum absolute atomic E-state index is 0.898. The van der Waals surface area contributed by atoms with Crippen molar-refractivity contribution in [2.75, 3.05) is 0 Å². The maximum atomic E-state index is 4.91. The van der Waals surface area contributed by atoms with E-state index in [0.29, 0.717) is 0 Å². The number of rotatable bonds is 3. The minimum Gasteiger partial charge on any atom is -0.248 e. The van der Waals surface area contributed by atoms with Crippen LogP contribution in [0.15, 0.2) is 103 Å². The van der Waals surface area contributed by atoms with Crippen molar-refractivity contribution in [3.05, 3.63) is 109 Å². The lowest BCUT2D eigenvalue weighted by Gasteiger charge is -2.13. The molecule has 0 N–H and O–H groups in total. The number of hydrogen-bond donors (Lipinski definition) is 0. The molecule has 0 unspecified atom stereocenters. The van der Waals surface area contributed by atoms with Gasteiger partial charge < -0.3 is 0 Å². The Hall–Kier alpha value is -3.19. The highest BCUT2D eigenvalue weighted by Crippen LogP contribution is 2.30. The Morgan fingerprint density at radius 1 is 0.680 bits per heavy atom. The van der Waals surface area contributed by atoms with Crippen LogP contribution < -0.4 is 0 Å². The lowest BCUT2D eigenvalue weighted by Crippen LogP contribution is -1.94. The number of pyridine rings is 1. The zero-order chi connectivity index (χ0) is 17.1. The molecule has 25 heavy (non-hydrogen) atoms. The third-order valence-electron chi connectivity index (χ3n) is 4.38. The first-order chi connectivity index (χ1) is 12.3. The zero-order valence-electron chi connectivity index (χ0n) is 14.0. The van der Waals surface area contributed by atoms with Crippen LogP contribution in [0.2, 0.25) is 0 Å². The van der Waals surface area contributed by atoms with Crippen molar-refractivity contribution in [2.24, 2.45) is 0 Å². The number of hydrogen-bond acceptors (Lipinski definition) is 1. The normalized spacial score (nSPS) is 13.6. The zero-order valence-corrected chi connectivity index (χ0v) is 14.0. The first-order valence-electron chi connectivity index (χ1n) is 8.49. The molecule has 0 amide bonds. The smallest absolute Gasteiger partial charge is 0.0715 e. The fourth-order valence-corrected chi connectivity index (χ4v) is 3.01. The third kappa shape index (κ3) is 3.36. The maximum absolute atomic E-state index is 4.91. The molecule has 0 saturated carbocycles. The summed E-state index contributed by atoms with van der Waals surface area (Å²) < 4.78 is 0. The Balaban J connectivity index is 1.87. The van der Waals surface area contributed by atoms with Gasteiger partial charge in [-0.3, -0.25) is 0 Å². The average molecular weight is 321 g/mol. The number of benzene rings is 2. The Morgan fingerprint density at radius 2 is 1.24 bits per heavy atom. The van der Waals surface area contributed by atoms with Crippen LogP contribution in [0, 0.1) is 0 Å². The summed E-state index contributed by atoms with van der Waals surface area (Å²) in [6.45, 7) is 4.03. The van der Waals surface area contributed by atoms with E-state index in [1.165, 1.54) is 11.1 Å². The van der Waals surface area contributed by atoms with E-state index in [-0.39, 0.29) is 0 Å². The Labute approximate surface area is 148 Å². The third-order valence-corrected chi connectivity index (χ3v) is 4.38. The molecule has 1 heteroatoms. The van der Waals surface area contributed by atoms with Gasteiger partial charge in [0.2, 0.25) is 0 Å². The summed E-state index contributed by atoms with van der Waals surface area (Å²) in [4.78, 5) is 4.91. The van der Waals surface area contributed by atoms with Crippen molar-refractivity contribution in [3.8, 4) is 22.5 Å². The molecule has 1 nitrogen and oxygen atoms in total. The van der Waals surface area contributed by atoms with Gasteiger partial charge in [-0.1, -0.05) is 91.0 Å². The second kappa shape index (κ2) is 6.74. The van der Waals surface area contributed by atoms with Crippen molar-refractivity contribution in [3.63, 3.8) is 0 Å². The predicted molar refractivity (Wildman–Crippen MR) is 106 cm³/mol. The Morgan fingerprint density at radius 3 is 1.72 bits per heavy atom. The van der Waals surface area contributed by atoms with Crippen LogP contribution in [-0.4, -0.2) is 4.98 Å². The summed E-state index contributed by atoms with van der Waals surface area (Å²) in [5, 5.41) is 0. The van der Waals surface area contributed by atoms with Gasteiger partial charge in [0, 0.05) is 11.1 Å². The maximum Gasteiger partial charge on any atom is 0.0715 e. The van der Waals surface area contributed by atoms with Gasteiger partial charge in [0.05, 0.1) is 11.4 Å². The summed E-state index contributed by atoms with van der Waals surface area (Å²) in [7, 11) is 0. The molecule has 0 fully saturated rings. The summed E-state index contributed by atoms with van der Waals surface area (Å²) in [6, 6.07) is 25.0. The highest BCUT2D eigenvalue weighted by atomic mass is 14.7. The van der Waals surface area contributed by atoms with E-state index in [4.69, 9.17) is 4.98 Å². The van der Waals surface area contributed by atoms with Gasteiger partial charge in [0.1, 0.15) is 0 Å². The molecule has 1 heterocycles. The number of nitrogens with zero attached hydrogens (tertiary/aromatic N) is 1. The lowest BCUT2D eigenvalue weighted by molar-refractivity contribution is 1.27. The summed E-state index contributed by atoms with van der Waals surface area (Å²) >= 11 is 0. The predicted octanol–water partition coefficient (Wildman–Crippen LogP) is 6.32. The molecular weight excluding hydrogens is 302 g/mol. The van der Waals surface area contributed by atoms with Gasteiger partial charge in [0.25, 0.3) is 0 Å². The van der Waals surface area contributed by atoms with Crippen LogP contribution >= 0.6 is 0 Å². The van der Waals surface area contributed by atoms with E-state index in [1.807, 2.05) is 12.1 Å². The molecule has 120 valence electrons. The standard InChI is InChI=1S/C24H19N/c1-18-12-14-19(15-13-18)22-16-23(20-8-4-2-5-9-20)25-24(17-22)21-10-6-3-7-11-21/h2-12,14-17H,1,13H2. The number of aromatic nitrogens is 1. The molecule has 0 atom stereocenters. The van der Waals surface area contributed by atoms with E-state index in [1.54, 1.807) is 0 Å². The summed E-state index contributed by atoms with van der Waals surface area (Å²) in [5.74, 6) is 0. The molecule has 0 aliphatic heterocycles. The van der Waals surface area contributed by atoms with Crippen molar-refractivity contribution >= 4 is 5.57 Å². The fourth-order valence-electron chi connectivity index (χ4n) is 3.01. The molecule has 0 radical (unpaired) electrons. The van der Waals surface area contributed by atoms with Gasteiger partial charge in [0.15, 0.2) is 0 Å². The van der Waals surface area contributed by atoms with Crippen molar-refractivity contribution < 1.29 is 0 Å². The highest BCUT2D eigenvalue weighted by molar-refractivity contribution is 5.81. The van der Waals surface area contributed by atoms with Gasteiger partial charge >= 0.3 is 0 Å². The molecule has 1 aliphatic rings. The Bertz CT molecular complexity index is 906. The second-order valence-electron chi connectivity index (χ2n) is 6.21. The molecule has 1 aliphatic carbocycles. The molecule has 0 saturated heterocycles. The molecule has 2 aromatic carbocycles. The SMILES string of the molecule is C=C1C=CC(c2cc(-c3ccccc3)nc(-c3ccccc3)c2)=CC1. The van der Waals surface area contributed by atoms with E-state index >= 15 is 0 Å².